The molecule has 0 saturated heterocycles. The Morgan fingerprint density at radius 3 is 1.78 bits per heavy atom. The van der Waals surface area contributed by atoms with Gasteiger partial charge in [0, 0.05) is 27.2 Å². The molecule has 0 amide bonds. The first-order chi connectivity index (χ1) is 24.1. The Balaban J connectivity index is 1.43. The first-order valence-corrected chi connectivity index (χ1v) is 18.7. The van der Waals surface area contributed by atoms with Gasteiger partial charge >= 0.3 is 0 Å². The van der Waals surface area contributed by atoms with Gasteiger partial charge in [0.1, 0.15) is 0 Å². The highest BCUT2D eigenvalue weighted by molar-refractivity contribution is 6.13. The number of aromatic nitrogens is 1. The van der Waals surface area contributed by atoms with Crippen molar-refractivity contribution in [3.63, 3.8) is 0 Å². The van der Waals surface area contributed by atoms with Crippen LogP contribution in [0.25, 0.3) is 60.9 Å². The van der Waals surface area contributed by atoms with Crippen LogP contribution in [-0.4, -0.2) is 4.57 Å². The van der Waals surface area contributed by atoms with Crippen LogP contribution in [0.5, 0.6) is 0 Å². The molecule has 7 aromatic rings. The van der Waals surface area contributed by atoms with Gasteiger partial charge in [0.15, 0.2) is 0 Å². The molecule has 1 heteroatoms. The summed E-state index contributed by atoms with van der Waals surface area (Å²) in [6, 6.07) is 44.3. The summed E-state index contributed by atoms with van der Waals surface area (Å²) in [6.07, 6.45) is 0. The third-order valence-corrected chi connectivity index (χ3v) is 12.3. The van der Waals surface area contributed by atoms with Crippen LogP contribution >= 0.6 is 0 Å². The van der Waals surface area contributed by atoms with Crippen molar-refractivity contribution >= 4 is 21.8 Å². The Morgan fingerprint density at radius 1 is 0.431 bits per heavy atom. The largest absolute Gasteiger partial charge is 0.309 e. The number of fused-ring (bicyclic) bond motifs is 9. The summed E-state index contributed by atoms with van der Waals surface area (Å²) in [5.41, 5.74) is 20.0. The fourth-order valence-electron chi connectivity index (χ4n) is 9.19. The molecule has 0 radical (unpaired) electrons. The maximum Gasteiger partial charge on any atom is 0.0546 e. The normalized spacial score (nSPS) is 15.6. The summed E-state index contributed by atoms with van der Waals surface area (Å²) >= 11 is 0. The lowest BCUT2D eigenvalue weighted by Crippen LogP contribution is -2.19. The molecule has 2 aliphatic carbocycles. The molecule has 0 fully saturated rings. The van der Waals surface area contributed by atoms with Gasteiger partial charge in [-0.3, -0.25) is 0 Å². The second kappa shape index (κ2) is 10.3. The Morgan fingerprint density at radius 2 is 1.06 bits per heavy atom. The van der Waals surface area contributed by atoms with E-state index < -0.39 is 0 Å². The first-order valence-electron chi connectivity index (χ1n) is 18.7. The fourth-order valence-corrected chi connectivity index (χ4v) is 9.19. The van der Waals surface area contributed by atoms with Crippen LogP contribution in [0.4, 0.5) is 0 Å². The van der Waals surface area contributed by atoms with E-state index in [0.29, 0.717) is 0 Å². The molecule has 0 atom stereocenters. The van der Waals surface area contributed by atoms with Crippen LogP contribution in [-0.2, 0) is 21.7 Å². The highest BCUT2D eigenvalue weighted by atomic mass is 15.0. The minimum absolute atomic E-state index is 0.0185. The molecule has 2 aliphatic rings. The van der Waals surface area contributed by atoms with Crippen LogP contribution in [0, 0.1) is 0 Å². The molecular formula is C50H49N. The van der Waals surface area contributed by atoms with Gasteiger partial charge in [-0.15, -0.1) is 0 Å². The number of rotatable bonds is 2. The molecule has 0 spiro atoms. The molecule has 1 aromatic heterocycles. The molecule has 1 heterocycles. The standard InChI is InChI=1S/C50H49N/c1-47(2,3)32-21-22-35-40(25-32)50(9,10)42-26-33(48(4,5)6)27-45(46(35)42)51-43-23-20-31(30-16-12-11-13-17-30)24-37(43)38-28-36-34-18-14-15-19-39(34)49(7,8)41(36)29-44(38)51/h11-29H,1-10H3. The molecule has 0 bridgehead atoms. The van der Waals surface area contributed by atoms with Crippen molar-refractivity contribution in [3.05, 3.63) is 149 Å². The summed E-state index contributed by atoms with van der Waals surface area (Å²) < 4.78 is 2.62. The smallest absolute Gasteiger partial charge is 0.0546 e. The van der Waals surface area contributed by atoms with Crippen LogP contribution in [0.15, 0.2) is 115 Å². The van der Waals surface area contributed by atoms with Gasteiger partial charge in [-0.2, -0.15) is 0 Å². The minimum atomic E-state index is -0.133. The zero-order valence-corrected chi connectivity index (χ0v) is 31.9. The molecule has 0 saturated carbocycles. The van der Waals surface area contributed by atoms with E-state index in [-0.39, 0.29) is 21.7 Å². The van der Waals surface area contributed by atoms with Gasteiger partial charge < -0.3 is 4.57 Å². The number of hydrogen-bond acceptors (Lipinski definition) is 0. The lowest BCUT2D eigenvalue weighted by atomic mass is 9.77. The summed E-state index contributed by atoms with van der Waals surface area (Å²) in [5.74, 6) is 0. The van der Waals surface area contributed by atoms with E-state index in [0.717, 1.165) is 0 Å². The molecule has 9 rings (SSSR count). The average Bonchev–Trinajstić information content (AvgIpc) is 3.62. The van der Waals surface area contributed by atoms with E-state index in [1.54, 1.807) is 0 Å². The first kappa shape index (κ1) is 32.1. The van der Waals surface area contributed by atoms with Gasteiger partial charge in [0.2, 0.25) is 0 Å². The number of hydrogen-bond donors (Lipinski definition) is 0. The average molecular weight is 664 g/mol. The van der Waals surface area contributed by atoms with Crippen molar-refractivity contribution in [2.75, 3.05) is 0 Å². The van der Waals surface area contributed by atoms with E-state index in [4.69, 9.17) is 0 Å². The van der Waals surface area contributed by atoms with Crippen molar-refractivity contribution in [1.29, 1.82) is 0 Å². The van der Waals surface area contributed by atoms with Crippen LogP contribution < -0.4 is 0 Å². The van der Waals surface area contributed by atoms with Crippen molar-refractivity contribution in [2.24, 2.45) is 0 Å². The summed E-state index contributed by atoms with van der Waals surface area (Å²) in [4.78, 5) is 0. The summed E-state index contributed by atoms with van der Waals surface area (Å²) in [6.45, 7) is 23.7. The van der Waals surface area contributed by atoms with Gasteiger partial charge in [-0.05, 0) is 102 Å². The quantitative estimate of drug-likeness (QED) is 0.173. The predicted octanol–water partition coefficient (Wildman–Crippen LogP) is 13.7. The highest BCUT2D eigenvalue weighted by Gasteiger charge is 2.41. The summed E-state index contributed by atoms with van der Waals surface area (Å²) in [7, 11) is 0. The van der Waals surface area contributed by atoms with Crippen LogP contribution in [0.3, 0.4) is 0 Å². The van der Waals surface area contributed by atoms with Crippen molar-refractivity contribution < 1.29 is 0 Å². The number of benzene rings is 6. The maximum absolute atomic E-state index is 2.62. The molecule has 0 aliphatic heterocycles. The Bertz CT molecular complexity index is 2570. The molecule has 6 aromatic carbocycles. The van der Waals surface area contributed by atoms with E-state index >= 15 is 0 Å². The van der Waals surface area contributed by atoms with Gasteiger partial charge in [-0.1, -0.05) is 154 Å². The molecule has 0 unspecified atom stereocenters. The SMILES string of the molecule is CC(C)(C)c1ccc2c(c1)C(C)(C)c1cc(C(C)(C)C)cc(-n3c4ccc(-c5ccccc5)cc4c4cc5c(cc43)C(C)(C)c3ccccc3-5)c1-2. The zero-order chi connectivity index (χ0) is 35.8. The fraction of sp³-hybridized carbons (Fsp3) is 0.280. The van der Waals surface area contributed by atoms with Crippen molar-refractivity contribution in [2.45, 2.75) is 90.9 Å². The molecule has 0 N–H and O–H groups in total. The maximum atomic E-state index is 2.62. The third kappa shape index (κ3) is 4.53. The lowest BCUT2D eigenvalue weighted by molar-refractivity contribution is 0.580. The zero-order valence-electron chi connectivity index (χ0n) is 31.9. The van der Waals surface area contributed by atoms with E-state index in [1.807, 2.05) is 0 Å². The molecule has 254 valence electrons. The van der Waals surface area contributed by atoms with Crippen LogP contribution in [0.2, 0.25) is 0 Å². The second-order valence-corrected chi connectivity index (χ2v) is 18.3. The third-order valence-electron chi connectivity index (χ3n) is 12.3. The Hall–Kier alpha value is -4.88. The second-order valence-electron chi connectivity index (χ2n) is 18.3. The molecular weight excluding hydrogens is 615 g/mol. The number of nitrogens with zero attached hydrogens (tertiary/aromatic N) is 1. The van der Waals surface area contributed by atoms with E-state index in [9.17, 15) is 0 Å². The van der Waals surface area contributed by atoms with Crippen molar-refractivity contribution in [3.8, 4) is 39.1 Å². The van der Waals surface area contributed by atoms with Gasteiger partial charge in [-0.25, -0.2) is 0 Å². The Labute approximate surface area is 304 Å². The lowest BCUT2D eigenvalue weighted by Gasteiger charge is -2.28. The molecule has 1 nitrogen and oxygen atoms in total. The Kier molecular flexibility index (Phi) is 6.51. The van der Waals surface area contributed by atoms with Gasteiger partial charge in [0.05, 0.1) is 16.7 Å². The monoisotopic (exact) mass is 663 g/mol. The van der Waals surface area contributed by atoms with Crippen LogP contribution in [0.1, 0.15) is 103 Å². The topological polar surface area (TPSA) is 4.93 Å². The summed E-state index contributed by atoms with van der Waals surface area (Å²) in [5, 5.41) is 2.61. The van der Waals surface area contributed by atoms with E-state index in [1.165, 1.54) is 94.3 Å². The van der Waals surface area contributed by atoms with Crippen molar-refractivity contribution in [1.82, 2.24) is 4.57 Å². The molecule has 51 heavy (non-hydrogen) atoms. The highest BCUT2D eigenvalue weighted by Crippen LogP contribution is 2.55. The predicted molar refractivity (Wildman–Crippen MR) is 219 cm³/mol. The minimum Gasteiger partial charge on any atom is -0.309 e. The van der Waals surface area contributed by atoms with E-state index in [2.05, 4.69) is 189 Å². The van der Waals surface area contributed by atoms with Gasteiger partial charge in [0.25, 0.3) is 0 Å².